The number of aromatic amines is 1. The van der Waals surface area contributed by atoms with Gasteiger partial charge in [-0.15, -0.1) is 0 Å². The van der Waals surface area contributed by atoms with Crippen LogP contribution in [0.2, 0.25) is 0 Å². The van der Waals surface area contributed by atoms with Gasteiger partial charge in [0, 0.05) is 30.3 Å². The smallest absolute Gasteiger partial charge is 0.127 e. The molecule has 2 N–H and O–H groups in total. The molecule has 0 radical (unpaired) electrons. The summed E-state index contributed by atoms with van der Waals surface area (Å²) in [6.07, 6.45) is 3.95. The number of rotatable bonds is 3. The van der Waals surface area contributed by atoms with Crippen LogP contribution in [-0.4, -0.2) is 14.5 Å². The minimum atomic E-state index is 0.145. The van der Waals surface area contributed by atoms with Gasteiger partial charge >= 0.3 is 0 Å². The van der Waals surface area contributed by atoms with Gasteiger partial charge in [-0.2, -0.15) is 0 Å². The fourth-order valence-electron chi connectivity index (χ4n) is 2.23. The van der Waals surface area contributed by atoms with Crippen LogP contribution in [0.25, 0.3) is 0 Å². The fraction of sp³-hybridized carbons (Fsp3) is 0.533. The van der Waals surface area contributed by atoms with Crippen molar-refractivity contribution in [2.45, 2.75) is 46.0 Å². The van der Waals surface area contributed by atoms with E-state index in [2.05, 4.69) is 73.8 Å². The molecule has 0 fully saturated rings. The Morgan fingerprint density at radius 3 is 2.47 bits per heavy atom. The quantitative estimate of drug-likeness (QED) is 0.878. The van der Waals surface area contributed by atoms with Gasteiger partial charge in [0.25, 0.3) is 0 Å². The van der Waals surface area contributed by atoms with Crippen molar-refractivity contribution in [3.8, 4) is 0 Å². The minimum Gasteiger partial charge on any atom is -0.352 e. The summed E-state index contributed by atoms with van der Waals surface area (Å²) in [6.45, 7) is 10.9. The Bertz CT molecular complexity index is 555. The summed E-state index contributed by atoms with van der Waals surface area (Å²) < 4.78 is 2.17. The summed E-state index contributed by atoms with van der Waals surface area (Å²) in [6, 6.07) is 2.19. The van der Waals surface area contributed by atoms with Gasteiger partial charge in [-0.3, -0.25) is 0 Å². The van der Waals surface area contributed by atoms with Crippen LogP contribution in [0.4, 0.5) is 11.5 Å². The Balaban J connectivity index is 2.19. The Hall–Kier alpha value is -1.71. The van der Waals surface area contributed by atoms with Gasteiger partial charge < -0.3 is 14.9 Å². The van der Waals surface area contributed by atoms with E-state index >= 15 is 0 Å². The number of H-pyrrole nitrogens is 1. The molecule has 0 aliphatic rings. The van der Waals surface area contributed by atoms with Crippen molar-refractivity contribution in [2.24, 2.45) is 7.05 Å². The SMILES string of the molecule is CC(C)c1ncc(Nc2cc(C(C)(C)C)n(C)c2)[nH]1. The van der Waals surface area contributed by atoms with Gasteiger partial charge in [0.15, 0.2) is 0 Å². The van der Waals surface area contributed by atoms with E-state index in [-0.39, 0.29) is 5.41 Å². The average Bonchev–Trinajstić information content (AvgIpc) is 2.85. The molecule has 2 rings (SSSR count). The lowest BCUT2D eigenvalue weighted by atomic mass is 9.92. The van der Waals surface area contributed by atoms with Crippen LogP contribution in [0, 0.1) is 0 Å². The van der Waals surface area contributed by atoms with E-state index in [0.717, 1.165) is 17.3 Å². The van der Waals surface area contributed by atoms with Gasteiger partial charge in [0.1, 0.15) is 11.6 Å². The topological polar surface area (TPSA) is 45.6 Å². The molecular weight excluding hydrogens is 236 g/mol. The van der Waals surface area contributed by atoms with Crippen LogP contribution in [0.5, 0.6) is 0 Å². The molecule has 0 amide bonds. The van der Waals surface area contributed by atoms with E-state index in [1.165, 1.54) is 5.69 Å². The number of hydrogen-bond acceptors (Lipinski definition) is 2. The summed E-state index contributed by atoms with van der Waals surface area (Å²) in [7, 11) is 2.08. The first kappa shape index (κ1) is 13.7. The van der Waals surface area contributed by atoms with E-state index in [1.807, 2.05) is 6.20 Å². The molecule has 0 atom stereocenters. The molecule has 0 unspecified atom stereocenters. The summed E-state index contributed by atoms with van der Waals surface area (Å²) in [5.74, 6) is 2.36. The molecule has 2 heterocycles. The predicted molar refractivity (Wildman–Crippen MR) is 80.1 cm³/mol. The zero-order valence-corrected chi connectivity index (χ0v) is 12.7. The van der Waals surface area contributed by atoms with Crippen molar-refractivity contribution in [1.82, 2.24) is 14.5 Å². The summed E-state index contributed by atoms with van der Waals surface area (Å²) in [5.41, 5.74) is 2.54. The van der Waals surface area contributed by atoms with E-state index in [4.69, 9.17) is 0 Å². The maximum Gasteiger partial charge on any atom is 0.127 e. The Morgan fingerprint density at radius 2 is 2.00 bits per heavy atom. The second kappa shape index (κ2) is 4.76. The third-order valence-electron chi connectivity index (χ3n) is 3.19. The maximum atomic E-state index is 4.36. The number of nitrogens with one attached hydrogen (secondary N) is 2. The number of anilines is 2. The second-order valence-electron chi connectivity index (χ2n) is 6.44. The highest BCUT2D eigenvalue weighted by atomic mass is 15.1. The number of aryl methyl sites for hydroxylation is 1. The maximum absolute atomic E-state index is 4.36. The number of nitrogens with zero attached hydrogens (tertiary/aromatic N) is 2. The van der Waals surface area contributed by atoms with Crippen molar-refractivity contribution in [3.05, 3.63) is 30.0 Å². The molecule has 0 aromatic carbocycles. The zero-order chi connectivity index (χ0) is 14.2. The molecule has 4 heteroatoms. The lowest BCUT2D eigenvalue weighted by Crippen LogP contribution is -2.15. The van der Waals surface area contributed by atoms with Crippen molar-refractivity contribution >= 4 is 11.5 Å². The number of hydrogen-bond donors (Lipinski definition) is 2. The summed E-state index contributed by atoms with van der Waals surface area (Å²) >= 11 is 0. The molecule has 104 valence electrons. The molecule has 0 saturated carbocycles. The van der Waals surface area contributed by atoms with Gasteiger partial charge in [-0.05, 0) is 6.07 Å². The molecule has 2 aromatic rings. The van der Waals surface area contributed by atoms with Crippen LogP contribution >= 0.6 is 0 Å². The van der Waals surface area contributed by atoms with Crippen molar-refractivity contribution in [2.75, 3.05) is 5.32 Å². The third-order valence-corrected chi connectivity index (χ3v) is 3.19. The highest BCUT2D eigenvalue weighted by Gasteiger charge is 2.18. The van der Waals surface area contributed by atoms with Crippen LogP contribution in [-0.2, 0) is 12.5 Å². The number of aromatic nitrogens is 3. The molecule has 19 heavy (non-hydrogen) atoms. The minimum absolute atomic E-state index is 0.145. The zero-order valence-electron chi connectivity index (χ0n) is 12.7. The third kappa shape index (κ3) is 3.00. The van der Waals surface area contributed by atoms with Gasteiger partial charge in [0.2, 0.25) is 0 Å². The van der Waals surface area contributed by atoms with E-state index in [0.29, 0.717) is 5.92 Å². The molecule has 4 nitrogen and oxygen atoms in total. The average molecular weight is 260 g/mol. The normalized spacial score (nSPS) is 12.2. The molecule has 0 spiro atoms. The van der Waals surface area contributed by atoms with Crippen molar-refractivity contribution < 1.29 is 0 Å². The Kier molecular flexibility index (Phi) is 3.43. The van der Waals surface area contributed by atoms with E-state index in [1.54, 1.807) is 0 Å². The second-order valence-corrected chi connectivity index (χ2v) is 6.44. The molecule has 2 aromatic heterocycles. The van der Waals surface area contributed by atoms with Gasteiger partial charge in [0.05, 0.1) is 11.9 Å². The summed E-state index contributed by atoms with van der Waals surface area (Å²) in [4.78, 5) is 7.66. The first-order valence-electron chi connectivity index (χ1n) is 6.76. The van der Waals surface area contributed by atoms with Crippen LogP contribution in [0.1, 0.15) is 52.1 Å². The van der Waals surface area contributed by atoms with Crippen molar-refractivity contribution in [1.29, 1.82) is 0 Å². The molecule has 0 bridgehead atoms. The monoisotopic (exact) mass is 260 g/mol. The fourth-order valence-corrected chi connectivity index (χ4v) is 2.23. The number of imidazole rings is 1. The summed E-state index contributed by atoms with van der Waals surface area (Å²) in [5, 5.41) is 3.37. The van der Waals surface area contributed by atoms with Crippen LogP contribution in [0.15, 0.2) is 18.5 Å². The largest absolute Gasteiger partial charge is 0.352 e. The van der Waals surface area contributed by atoms with Crippen molar-refractivity contribution in [3.63, 3.8) is 0 Å². The highest BCUT2D eigenvalue weighted by Crippen LogP contribution is 2.27. The van der Waals surface area contributed by atoms with E-state index in [9.17, 15) is 0 Å². The Labute approximate surface area is 115 Å². The molecule has 0 saturated heterocycles. The lowest BCUT2D eigenvalue weighted by molar-refractivity contribution is 0.543. The van der Waals surface area contributed by atoms with Crippen LogP contribution in [0.3, 0.4) is 0 Å². The molecular formula is C15H24N4. The predicted octanol–water partition coefficient (Wildman–Crippen LogP) is 3.91. The molecule has 0 aliphatic carbocycles. The highest BCUT2D eigenvalue weighted by molar-refractivity contribution is 5.56. The van der Waals surface area contributed by atoms with Gasteiger partial charge in [-0.25, -0.2) is 4.98 Å². The Morgan fingerprint density at radius 1 is 1.32 bits per heavy atom. The lowest BCUT2D eigenvalue weighted by Gasteiger charge is -2.19. The van der Waals surface area contributed by atoms with E-state index < -0.39 is 0 Å². The van der Waals surface area contributed by atoms with Gasteiger partial charge in [-0.1, -0.05) is 34.6 Å². The molecule has 0 aliphatic heterocycles. The first-order chi connectivity index (χ1) is 8.77. The van der Waals surface area contributed by atoms with Crippen LogP contribution < -0.4 is 5.32 Å². The first-order valence-corrected chi connectivity index (χ1v) is 6.76. The standard InChI is InChI=1S/C15H24N4/c1-10(2)14-16-8-13(18-14)17-11-7-12(15(3,4)5)19(6)9-11/h7-10,17H,1-6H3,(H,16,18).